The van der Waals surface area contributed by atoms with E-state index >= 15 is 0 Å². The van der Waals surface area contributed by atoms with Crippen molar-refractivity contribution < 1.29 is 19.4 Å². The standard InChI is InChI=1S/C20H18N3O4P/c1-21-20(26)17-10-14(7-8-22-17)27-13-4-2-3-12(9-13)19(25)23-16-6-5-15(28)11-18(16)24/h2-11,24H,28H2,1H3,(H,21,26)(H,23,25). The van der Waals surface area contributed by atoms with Gasteiger partial charge in [0.15, 0.2) is 0 Å². The first-order valence-corrected chi connectivity index (χ1v) is 8.90. The van der Waals surface area contributed by atoms with Crippen LogP contribution in [0.25, 0.3) is 0 Å². The predicted octanol–water partition coefficient (Wildman–Crippen LogP) is 2.69. The van der Waals surface area contributed by atoms with Gasteiger partial charge in [-0.1, -0.05) is 12.1 Å². The van der Waals surface area contributed by atoms with Gasteiger partial charge in [0.1, 0.15) is 22.9 Å². The highest BCUT2D eigenvalue weighted by molar-refractivity contribution is 7.27. The molecule has 3 aromatic rings. The Balaban J connectivity index is 1.77. The average molecular weight is 395 g/mol. The zero-order valence-corrected chi connectivity index (χ0v) is 16.1. The number of nitrogens with zero attached hydrogens (tertiary/aromatic N) is 1. The lowest BCUT2D eigenvalue weighted by atomic mass is 10.2. The Morgan fingerprint density at radius 1 is 1.04 bits per heavy atom. The second-order valence-electron chi connectivity index (χ2n) is 5.82. The molecule has 0 saturated heterocycles. The third-order valence-corrected chi connectivity index (χ3v) is 4.15. The Bertz CT molecular complexity index is 1040. The number of aromatic nitrogens is 1. The van der Waals surface area contributed by atoms with Gasteiger partial charge in [-0.2, -0.15) is 0 Å². The zero-order chi connectivity index (χ0) is 20.1. The monoisotopic (exact) mass is 395 g/mol. The maximum atomic E-state index is 12.5. The molecule has 2 aromatic carbocycles. The molecule has 28 heavy (non-hydrogen) atoms. The highest BCUT2D eigenvalue weighted by atomic mass is 31.0. The molecule has 1 heterocycles. The minimum absolute atomic E-state index is 0.0215. The number of anilines is 1. The van der Waals surface area contributed by atoms with Crippen LogP contribution in [0.3, 0.4) is 0 Å². The smallest absolute Gasteiger partial charge is 0.269 e. The van der Waals surface area contributed by atoms with Gasteiger partial charge in [-0.3, -0.25) is 14.6 Å². The van der Waals surface area contributed by atoms with E-state index in [0.717, 1.165) is 5.30 Å². The molecule has 0 aliphatic rings. The number of carbonyl (C=O) groups excluding carboxylic acids is 2. The summed E-state index contributed by atoms with van der Waals surface area (Å²) in [6.07, 6.45) is 1.47. The molecule has 0 aliphatic heterocycles. The van der Waals surface area contributed by atoms with Gasteiger partial charge in [0.05, 0.1) is 5.69 Å². The largest absolute Gasteiger partial charge is 0.506 e. The average Bonchev–Trinajstić information content (AvgIpc) is 2.70. The molecule has 1 atom stereocenters. The Kier molecular flexibility index (Phi) is 5.87. The van der Waals surface area contributed by atoms with Crippen LogP contribution in [0.5, 0.6) is 17.2 Å². The molecule has 8 heteroatoms. The number of nitrogens with one attached hydrogen (secondary N) is 2. The van der Waals surface area contributed by atoms with Gasteiger partial charge in [-0.25, -0.2) is 0 Å². The number of benzene rings is 2. The van der Waals surface area contributed by atoms with E-state index in [9.17, 15) is 14.7 Å². The van der Waals surface area contributed by atoms with Crippen molar-refractivity contribution in [2.24, 2.45) is 0 Å². The number of aromatic hydroxyl groups is 1. The van der Waals surface area contributed by atoms with Crippen molar-refractivity contribution in [2.45, 2.75) is 0 Å². The van der Waals surface area contributed by atoms with Crippen LogP contribution in [0, 0.1) is 0 Å². The van der Waals surface area contributed by atoms with Gasteiger partial charge in [0.25, 0.3) is 11.8 Å². The summed E-state index contributed by atoms with van der Waals surface area (Å²) in [5, 5.41) is 15.9. The number of ether oxygens (including phenoxy) is 1. The number of carbonyl (C=O) groups is 2. The molecule has 0 fully saturated rings. The molecule has 7 nitrogen and oxygen atoms in total. The van der Waals surface area contributed by atoms with Gasteiger partial charge in [-0.15, -0.1) is 9.24 Å². The van der Waals surface area contributed by atoms with E-state index in [-0.39, 0.29) is 17.4 Å². The van der Waals surface area contributed by atoms with Crippen molar-refractivity contribution in [3.63, 3.8) is 0 Å². The molecule has 2 amide bonds. The van der Waals surface area contributed by atoms with Crippen LogP contribution in [0.4, 0.5) is 5.69 Å². The van der Waals surface area contributed by atoms with Crippen LogP contribution in [0.15, 0.2) is 60.8 Å². The van der Waals surface area contributed by atoms with E-state index in [4.69, 9.17) is 4.74 Å². The number of hydrogen-bond donors (Lipinski definition) is 3. The molecule has 142 valence electrons. The Morgan fingerprint density at radius 2 is 1.82 bits per heavy atom. The molecule has 0 saturated carbocycles. The number of rotatable bonds is 5. The van der Waals surface area contributed by atoms with Crippen LogP contribution in [-0.2, 0) is 0 Å². The van der Waals surface area contributed by atoms with Crippen molar-refractivity contribution in [1.29, 1.82) is 0 Å². The maximum Gasteiger partial charge on any atom is 0.269 e. The first-order chi connectivity index (χ1) is 13.5. The summed E-state index contributed by atoms with van der Waals surface area (Å²) in [5.74, 6) is 0.103. The van der Waals surface area contributed by atoms with Crippen LogP contribution < -0.4 is 20.7 Å². The highest BCUT2D eigenvalue weighted by Crippen LogP contribution is 2.25. The highest BCUT2D eigenvalue weighted by Gasteiger charge is 2.11. The van der Waals surface area contributed by atoms with Crippen LogP contribution in [0.1, 0.15) is 20.8 Å². The minimum Gasteiger partial charge on any atom is -0.506 e. The lowest BCUT2D eigenvalue weighted by molar-refractivity contribution is 0.0957. The maximum absolute atomic E-state index is 12.5. The summed E-state index contributed by atoms with van der Waals surface area (Å²) in [5.41, 5.74) is 0.890. The fourth-order valence-corrected chi connectivity index (χ4v) is 2.67. The number of amides is 2. The molecule has 0 spiro atoms. The first kappa shape index (κ1) is 19.3. The van der Waals surface area contributed by atoms with E-state index < -0.39 is 5.91 Å². The number of pyridine rings is 1. The van der Waals surface area contributed by atoms with Crippen molar-refractivity contribution in [3.05, 3.63) is 72.1 Å². The fraction of sp³-hybridized carbons (Fsp3) is 0.0500. The third-order valence-electron chi connectivity index (χ3n) is 3.79. The van der Waals surface area contributed by atoms with Gasteiger partial charge in [-0.05, 0) is 41.7 Å². The summed E-state index contributed by atoms with van der Waals surface area (Å²) >= 11 is 0. The third kappa shape index (κ3) is 4.64. The van der Waals surface area contributed by atoms with Crippen LogP contribution in [-0.4, -0.2) is 29.0 Å². The van der Waals surface area contributed by atoms with E-state index in [1.165, 1.54) is 25.4 Å². The fourth-order valence-electron chi connectivity index (χ4n) is 2.41. The summed E-state index contributed by atoms with van der Waals surface area (Å²) < 4.78 is 5.74. The summed E-state index contributed by atoms with van der Waals surface area (Å²) in [7, 11) is 3.99. The molecule has 0 radical (unpaired) electrons. The number of phenolic OH excluding ortho intramolecular Hbond substituents is 1. The molecular formula is C20H18N3O4P. The topological polar surface area (TPSA) is 101 Å². The molecule has 0 bridgehead atoms. The van der Waals surface area contributed by atoms with Gasteiger partial charge < -0.3 is 20.5 Å². The number of phenols is 1. The molecule has 3 N–H and O–H groups in total. The van der Waals surface area contributed by atoms with Gasteiger partial charge in [0.2, 0.25) is 0 Å². The SMILES string of the molecule is CNC(=O)c1cc(Oc2cccc(C(=O)Nc3ccc(P)cc3O)c2)ccn1. The quantitative estimate of drug-likeness (QED) is 0.456. The summed E-state index contributed by atoms with van der Waals surface area (Å²) in [4.78, 5) is 28.1. The second-order valence-corrected chi connectivity index (χ2v) is 6.48. The number of hydrogen-bond acceptors (Lipinski definition) is 5. The van der Waals surface area contributed by atoms with Crippen molar-refractivity contribution in [2.75, 3.05) is 12.4 Å². The van der Waals surface area contributed by atoms with E-state index in [0.29, 0.717) is 22.7 Å². The normalized spacial score (nSPS) is 10.2. The van der Waals surface area contributed by atoms with Crippen LogP contribution >= 0.6 is 9.24 Å². The van der Waals surface area contributed by atoms with E-state index in [1.54, 1.807) is 42.5 Å². The first-order valence-electron chi connectivity index (χ1n) is 8.32. The van der Waals surface area contributed by atoms with Crippen molar-refractivity contribution in [3.8, 4) is 17.2 Å². The second kappa shape index (κ2) is 8.50. The molecule has 1 aromatic heterocycles. The molecule has 3 rings (SSSR count). The Morgan fingerprint density at radius 3 is 2.57 bits per heavy atom. The summed E-state index contributed by atoms with van der Waals surface area (Å²) in [6, 6.07) is 14.6. The Hall–Kier alpha value is -3.44. The predicted molar refractivity (Wildman–Crippen MR) is 110 cm³/mol. The lowest BCUT2D eigenvalue weighted by Crippen LogP contribution is -2.18. The Labute approximate surface area is 164 Å². The van der Waals surface area contributed by atoms with E-state index in [2.05, 4.69) is 24.9 Å². The zero-order valence-electron chi connectivity index (χ0n) is 15.0. The van der Waals surface area contributed by atoms with Crippen LogP contribution in [0.2, 0.25) is 0 Å². The summed E-state index contributed by atoms with van der Waals surface area (Å²) in [6.45, 7) is 0. The minimum atomic E-state index is -0.391. The lowest BCUT2D eigenvalue weighted by Gasteiger charge is -2.10. The molecule has 0 aliphatic carbocycles. The van der Waals surface area contributed by atoms with Crippen molar-refractivity contribution in [1.82, 2.24) is 10.3 Å². The van der Waals surface area contributed by atoms with Crippen molar-refractivity contribution >= 4 is 32.0 Å². The molecule has 1 unspecified atom stereocenters. The van der Waals surface area contributed by atoms with E-state index in [1.807, 2.05) is 0 Å². The molecular weight excluding hydrogens is 377 g/mol. The van der Waals surface area contributed by atoms with Gasteiger partial charge in [0, 0.05) is 24.9 Å². The van der Waals surface area contributed by atoms with Gasteiger partial charge >= 0.3 is 0 Å².